The second kappa shape index (κ2) is 5.14. The number of nitrogens with zero attached hydrogens (tertiary/aromatic N) is 3. The van der Waals surface area contributed by atoms with E-state index in [1.54, 1.807) is 11.3 Å². The van der Waals surface area contributed by atoms with Gasteiger partial charge >= 0.3 is 6.01 Å². The highest BCUT2D eigenvalue weighted by molar-refractivity contribution is 7.13. The van der Waals surface area contributed by atoms with E-state index in [-0.39, 0.29) is 6.10 Å². The van der Waals surface area contributed by atoms with Crippen LogP contribution in [0, 0.1) is 5.92 Å². The van der Waals surface area contributed by atoms with Crippen LogP contribution in [0.1, 0.15) is 12.8 Å². The van der Waals surface area contributed by atoms with Crippen LogP contribution < -0.4 is 4.74 Å². The van der Waals surface area contributed by atoms with Gasteiger partial charge < -0.3 is 4.74 Å². The summed E-state index contributed by atoms with van der Waals surface area (Å²) in [5.41, 5.74) is 1.06. The van der Waals surface area contributed by atoms with E-state index in [4.69, 9.17) is 4.74 Å². The Bertz CT molecular complexity index is 561. The number of ether oxygens (including phenoxy) is 1. The first-order valence-electron chi connectivity index (χ1n) is 7.13. The van der Waals surface area contributed by atoms with Crippen molar-refractivity contribution < 1.29 is 4.74 Å². The van der Waals surface area contributed by atoms with Crippen molar-refractivity contribution in [3.8, 4) is 16.5 Å². The fourth-order valence-corrected chi connectivity index (χ4v) is 3.83. The van der Waals surface area contributed by atoms with Gasteiger partial charge in [-0.05, 0) is 43.3 Å². The third kappa shape index (κ3) is 2.31. The standard InChI is InChI=1S/C15H17N3OS/c1-2-14(20-7-1)12-8-16-15(17-9-12)19-13-10-18-5-3-11(13)4-6-18/h1-2,7-9,11,13H,3-6,10H2/t13-/m0/s1. The average Bonchev–Trinajstić information content (AvgIpc) is 3.04. The molecule has 104 valence electrons. The molecule has 5 rings (SSSR count). The van der Waals surface area contributed by atoms with Crippen LogP contribution >= 0.6 is 11.3 Å². The lowest BCUT2D eigenvalue weighted by molar-refractivity contribution is -0.0123. The molecule has 2 bridgehead atoms. The summed E-state index contributed by atoms with van der Waals surface area (Å²) in [6, 6.07) is 4.64. The Labute approximate surface area is 122 Å². The van der Waals surface area contributed by atoms with Gasteiger partial charge in [0.1, 0.15) is 6.10 Å². The molecule has 0 radical (unpaired) electrons. The zero-order chi connectivity index (χ0) is 13.4. The zero-order valence-corrected chi connectivity index (χ0v) is 12.1. The highest BCUT2D eigenvalue weighted by atomic mass is 32.1. The number of hydrogen-bond acceptors (Lipinski definition) is 5. The normalized spacial score (nSPS) is 28.5. The minimum atomic E-state index is 0.269. The average molecular weight is 287 g/mol. The summed E-state index contributed by atoms with van der Waals surface area (Å²) in [5.74, 6) is 0.681. The van der Waals surface area contributed by atoms with Crippen LogP contribution in [0.4, 0.5) is 0 Å². The van der Waals surface area contributed by atoms with Crippen molar-refractivity contribution in [1.29, 1.82) is 0 Å². The van der Waals surface area contributed by atoms with E-state index in [0.29, 0.717) is 11.9 Å². The minimum Gasteiger partial charge on any atom is -0.458 e. The summed E-state index contributed by atoms with van der Waals surface area (Å²) in [5, 5.41) is 2.06. The first kappa shape index (κ1) is 12.3. The lowest BCUT2D eigenvalue weighted by Gasteiger charge is -2.43. The minimum absolute atomic E-state index is 0.269. The summed E-state index contributed by atoms with van der Waals surface area (Å²) >= 11 is 1.70. The molecule has 0 aromatic carbocycles. The molecular weight excluding hydrogens is 270 g/mol. The fourth-order valence-electron chi connectivity index (χ4n) is 3.13. The second-order valence-corrected chi connectivity index (χ2v) is 6.47. The number of thiophene rings is 1. The van der Waals surface area contributed by atoms with E-state index in [0.717, 1.165) is 12.1 Å². The molecule has 0 aliphatic carbocycles. The van der Waals surface area contributed by atoms with Crippen molar-refractivity contribution in [1.82, 2.24) is 14.9 Å². The highest BCUT2D eigenvalue weighted by Gasteiger charge is 2.35. The monoisotopic (exact) mass is 287 g/mol. The van der Waals surface area contributed by atoms with E-state index >= 15 is 0 Å². The van der Waals surface area contributed by atoms with Gasteiger partial charge in [0, 0.05) is 29.4 Å². The van der Waals surface area contributed by atoms with Crippen molar-refractivity contribution in [2.45, 2.75) is 18.9 Å². The predicted molar refractivity (Wildman–Crippen MR) is 78.9 cm³/mol. The van der Waals surface area contributed by atoms with Crippen LogP contribution in [0.15, 0.2) is 29.9 Å². The first-order valence-corrected chi connectivity index (χ1v) is 8.01. The zero-order valence-electron chi connectivity index (χ0n) is 11.2. The molecule has 3 fully saturated rings. The van der Waals surface area contributed by atoms with Crippen LogP contribution in [0.5, 0.6) is 6.01 Å². The van der Waals surface area contributed by atoms with E-state index < -0.39 is 0 Å². The molecule has 3 aliphatic heterocycles. The maximum atomic E-state index is 6.00. The molecule has 3 aliphatic rings. The topological polar surface area (TPSA) is 38.2 Å². The molecule has 4 nitrogen and oxygen atoms in total. The number of hydrogen-bond donors (Lipinski definition) is 0. The molecule has 0 amide bonds. The van der Waals surface area contributed by atoms with Crippen molar-refractivity contribution >= 4 is 11.3 Å². The Kier molecular flexibility index (Phi) is 3.16. The largest absolute Gasteiger partial charge is 0.458 e. The quantitative estimate of drug-likeness (QED) is 0.870. The van der Waals surface area contributed by atoms with Crippen molar-refractivity contribution in [2.75, 3.05) is 19.6 Å². The molecule has 0 N–H and O–H groups in total. The Morgan fingerprint density at radius 1 is 1.20 bits per heavy atom. The summed E-state index contributed by atoms with van der Waals surface area (Å²) in [6.07, 6.45) is 6.48. The maximum absolute atomic E-state index is 6.00. The van der Waals surface area contributed by atoms with E-state index in [2.05, 4.69) is 26.3 Å². The van der Waals surface area contributed by atoms with Gasteiger partial charge in [0.25, 0.3) is 0 Å². The van der Waals surface area contributed by atoms with Crippen LogP contribution in [0.2, 0.25) is 0 Å². The molecule has 20 heavy (non-hydrogen) atoms. The first-order chi connectivity index (χ1) is 9.88. The molecule has 5 heterocycles. The smallest absolute Gasteiger partial charge is 0.316 e. The van der Waals surface area contributed by atoms with Gasteiger partial charge in [0.15, 0.2) is 0 Å². The van der Waals surface area contributed by atoms with E-state index in [9.17, 15) is 0 Å². The Hall–Kier alpha value is -1.46. The van der Waals surface area contributed by atoms with Crippen molar-refractivity contribution in [3.05, 3.63) is 29.9 Å². The predicted octanol–water partition coefficient (Wildman–Crippen LogP) is 2.68. The summed E-state index contributed by atoms with van der Waals surface area (Å²) in [6.45, 7) is 3.48. The van der Waals surface area contributed by atoms with Crippen LogP contribution in [0.3, 0.4) is 0 Å². The van der Waals surface area contributed by atoms with Gasteiger partial charge in [0.05, 0.1) is 0 Å². The molecule has 0 saturated carbocycles. The van der Waals surface area contributed by atoms with E-state index in [1.807, 2.05) is 18.5 Å². The fraction of sp³-hybridized carbons (Fsp3) is 0.467. The van der Waals surface area contributed by atoms with E-state index in [1.165, 1.54) is 30.8 Å². The number of rotatable bonds is 3. The third-order valence-electron chi connectivity index (χ3n) is 4.29. The Morgan fingerprint density at radius 2 is 2.00 bits per heavy atom. The van der Waals surface area contributed by atoms with Gasteiger partial charge in [0.2, 0.25) is 0 Å². The van der Waals surface area contributed by atoms with Gasteiger partial charge in [-0.15, -0.1) is 11.3 Å². The summed E-state index contributed by atoms with van der Waals surface area (Å²) in [7, 11) is 0. The maximum Gasteiger partial charge on any atom is 0.316 e. The second-order valence-electron chi connectivity index (χ2n) is 5.53. The number of piperidine rings is 3. The number of aromatic nitrogens is 2. The van der Waals surface area contributed by atoms with Crippen LogP contribution in [0.25, 0.3) is 10.4 Å². The van der Waals surface area contributed by atoms with Crippen molar-refractivity contribution in [3.63, 3.8) is 0 Å². The molecule has 1 atom stereocenters. The van der Waals surface area contributed by atoms with Crippen molar-refractivity contribution in [2.24, 2.45) is 5.92 Å². The van der Waals surface area contributed by atoms with Crippen LogP contribution in [-0.4, -0.2) is 40.6 Å². The molecule has 0 spiro atoms. The lowest BCUT2D eigenvalue weighted by Crippen LogP contribution is -2.52. The molecule has 5 heteroatoms. The van der Waals surface area contributed by atoms with Gasteiger partial charge in [-0.3, -0.25) is 4.90 Å². The molecule has 0 unspecified atom stereocenters. The molecule has 2 aromatic rings. The highest BCUT2D eigenvalue weighted by Crippen LogP contribution is 2.30. The molecule has 2 aromatic heterocycles. The van der Waals surface area contributed by atoms with Crippen LogP contribution in [-0.2, 0) is 0 Å². The molecular formula is C15H17N3OS. The third-order valence-corrected chi connectivity index (χ3v) is 5.21. The Morgan fingerprint density at radius 3 is 2.60 bits per heavy atom. The summed E-state index contributed by atoms with van der Waals surface area (Å²) in [4.78, 5) is 12.4. The van der Waals surface area contributed by atoms with Gasteiger partial charge in [-0.2, -0.15) is 0 Å². The Balaban J connectivity index is 1.47. The lowest BCUT2D eigenvalue weighted by atomic mass is 9.86. The number of fused-ring (bicyclic) bond motifs is 3. The SMILES string of the molecule is c1csc(-c2cnc(O[C@H]3CN4CCC3CC4)nc2)c1. The molecule has 3 saturated heterocycles. The van der Waals surface area contributed by atoms with Gasteiger partial charge in [-0.1, -0.05) is 6.07 Å². The summed E-state index contributed by atoms with van der Waals surface area (Å²) < 4.78 is 6.00. The van der Waals surface area contributed by atoms with Gasteiger partial charge in [-0.25, -0.2) is 9.97 Å².